The highest BCUT2D eigenvalue weighted by Gasteiger charge is 2.32. The number of allylic oxidation sites excluding steroid dienone is 1. The van der Waals surface area contributed by atoms with Crippen LogP contribution < -0.4 is 0 Å². The van der Waals surface area contributed by atoms with Crippen molar-refractivity contribution in [1.82, 2.24) is 0 Å². The minimum Gasteiger partial charge on any atom is -0.348 e. The van der Waals surface area contributed by atoms with E-state index >= 15 is 4.39 Å². The number of hydrogen-bond acceptors (Lipinski definition) is 2. The van der Waals surface area contributed by atoms with Crippen molar-refractivity contribution in [2.45, 2.75) is 51.0 Å². The molecule has 0 N–H and O–H groups in total. The van der Waals surface area contributed by atoms with E-state index in [1.807, 2.05) is 6.08 Å². The SMILES string of the molecule is C=CCCC1CCC(C2COC(c3ccc(-c4cc(F)c5c(F)c(C#CC(F)(F)F)c(F)cc5c4)c(F)c3)OC2)CC1. The van der Waals surface area contributed by atoms with Gasteiger partial charge in [0.1, 0.15) is 17.5 Å². The van der Waals surface area contributed by atoms with Crippen LogP contribution in [0.3, 0.4) is 0 Å². The van der Waals surface area contributed by atoms with E-state index in [0.29, 0.717) is 30.8 Å². The minimum absolute atomic E-state index is 0.00814. The van der Waals surface area contributed by atoms with E-state index in [2.05, 4.69) is 6.58 Å². The number of hydrogen-bond donors (Lipinski definition) is 0. The van der Waals surface area contributed by atoms with Crippen LogP contribution in [0.1, 0.15) is 55.9 Å². The van der Waals surface area contributed by atoms with Gasteiger partial charge in [-0.2, -0.15) is 13.2 Å². The molecule has 42 heavy (non-hydrogen) atoms. The van der Waals surface area contributed by atoms with Crippen LogP contribution in [0.4, 0.5) is 30.7 Å². The van der Waals surface area contributed by atoms with E-state index in [4.69, 9.17) is 9.47 Å². The average molecular weight is 591 g/mol. The first-order chi connectivity index (χ1) is 20.0. The molecule has 1 saturated heterocycles. The van der Waals surface area contributed by atoms with Crippen molar-refractivity contribution >= 4 is 10.8 Å². The standard InChI is InChI=1S/C33H29F7O2/c1-2-3-4-19-5-7-20(8-6-19)24-17-41-32(42-18-24)21-9-10-25(27(34)14-21)22-13-23-16-28(35)26(11-12-33(38,39)40)31(37)30(23)29(36)15-22/h2,9-10,13-16,19-20,24,32H,1,3-8,17-18H2. The number of fused-ring (bicyclic) bond motifs is 1. The summed E-state index contributed by atoms with van der Waals surface area (Å²) in [4.78, 5) is 0. The Morgan fingerprint density at radius 2 is 1.57 bits per heavy atom. The van der Waals surface area contributed by atoms with Crippen LogP contribution in [-0.2, 0) is 9.47 Å². The number of ether oxygens (including phenoxy) is 2. The molecule has 1 heterocycles. The first-order valence-electron chi connectivity index (χ1n) is 13.9. The molecular weight excluding hydrogens is 561 g/mol. The Balaban J connectivity index is 1.29. The van der Waals surface area contributed by atoms with Crippen molar-refractivity contribution in [3.63, 3.8) is 0 Å². The molecule has 0 spiro atoms. The van der Waals surface area contributed by atoms with Gasteiger partial charge in [-0.05, 0) is 72.7 Å². The Hall–Kier alpha value is -3.35. The molecule has 2 aliphatic rings. The van der Waals surface area contributed by atoms with E-state index < -0.39 is 46.7 Å². The Morgan fingerprint density at radius 1 is 0.857 bits per heavy atom. The Kier molecular flexibility index (Phi) is 8.95. The summed E-state index contributed by atoms with van der Waals surface area (Å²) in [6.07, 6.45) is 3.07. The van der Waals surface area contributed by atoms with Gasteiger partial charge >= 0.3 is 6.18 Å². The molecule has 2 fully saturated rings. The highest BCUT2D eigenvalue weighted by Crippen LogP contribution is 2.39. The molecule has 0 radical (unpaired) electrons. The van der Waals surface area contributed by atoms with Crippen LogP contribution >= 0.6 is 0 Å². The molecule has 5 rings (SSSR count). The zero-order valence-electron chi connectivity index (χ0n) is 22.7. The molecule has 0 atom stereocenters. The zero-order valence-corrected chi connectivity index (χ0v) is 22.7. The zero-order chi connectivity index (χ0) is 30.0. The lowest BCUT2D eigenvalue weighted by Crippen LogP contribution is -2.34. The molecule has 9 heteroatoms. The molecule has 0 amide bonds. The van der Waals surface area contributed by atoms with Gasteiger partial charge in [0, 0.05) is 23.0 Å². The van der Waals surface area contributed by atoms with E-state index in [1.165, 1.54) is 37.3 Å². The third-order valence-corrected chi connectivity index (χ3v) is 8.25. The van der Waals surface area contributed by atoms with Crippen LogP contribution in [0.2, 0.25) is 0 Å². The Bertz CT molecular complexity index is 1520. The number of halogens is 7. The first kappa shape index (κ1) is 30.1. The maximum absolute atomic E-state index is 15.2. The van der Waals surface area contributed by atoms with E-state index in [1.54, 1.807) is 6.07 Å². The summed E-state index contributed by atoms with van der Waals surface area (Å²) in [5.41, 5.74) is -0.809. The van der Waals surface area contributed by atoms with Gasteiger partial charge in [0.05, 0.1) is 24.2 Å². The normalized spacial score (nSPS) is 22.9. The summed E-state index contributed by atoms with van der Waals surface area (Å²) in [5.74, 6) is -1.18. The van der Waals surface area contributed by atoms with Crippen LogP contribution in [0.25, 0.3) is 21.9 Å². The molecule has 1 saturated carbocycles. The van der Waals surface area contributed by atoms with Gasteiger partial charge in [0.2, 0.25) is 0 Å². The fourth-order valence-electron chi connectivity index (χ4n) is 6.01. The number of alkyl halides is 3. The lowest BCUT2D eigenvalue weighted by atomic mass is 9.75. The predicted octanol–water partition coefficient (Wildman–Crippen LogP) is 9.41. The van der Waals surface area contributed by atoms with Crippen molar-refractivity contribution in [2.75, 3.05) is 13.2 Å². The highest BCUT2D eigenvalue weighted by atomic mass is 19.4. The molecule has 0 unspecified atom stereocenters. The Morgan fingerprint density at radius 3 is 2.21 bits per heavy atom. The fourth-order valence-corrected chi connectivity index (χ4v) is 6.01. The molecule has 2 nitrogen and oxygen atoms in total. The second-order valence-corrected chi connectivity index (χ2v) is 11.0. The van der Waals surface area contributed by atoms with Gasteiger partial charge in [0.25, 0.3) is 0 Å². The van der Waals surface area contributed by atoms with E-state index in [-0.39, 0.29) is 22.4 Å². The molecular formula is C33H29F7O2. The molecule has 0 aromatic heterocycles. The summed E-state index contributed by atoms with van der Waals surface area (Å²) in [7, 11) is 0. The van der Waals surface area contributed by atoms with Crippen molar-refractivity contribution in [3.05, 3.63) is 83.4 Å². The number of benzene rings is 3. The molecule has 3 aromatic rings. The van der Waals surface area contributed by atoms with Crippen LogP contribution in [0.15, 0.2) is 49.1 Å². The molecule has 222 valence electrons. The predicted molar refractivity (Wildman–Crippen MR) is 145 cm³/mol. The topological polar surface area (TPSA) is 18.5 Å². The minimum atomic E-state index is -4.99. The third-order valence-electron chi connectivity index (χ3n) is 8.25. The lowest BCUT2D eigenvalue weighted by molar-refractivity contribution is -0.214. The average Bonchev–Trinajstić information content (AvgIpc) is 2.95. The summed E-state index contributed by atoms with van der Waals surface area (Å²) < 4.78 is 109. The summed E-state index contributed by atoms with van der Waals surface area (Å²) in [6, 6.07) is 6.86. The van der Waals surface area contributed by atoms with Crippen molar-refractivity contribution in [1.29, 1.82) is 0 Å². The second-order valence-electron chi connectivity index (χ2n) is 11.0. The Labute approximate surface area is 239 Å². The van der Waals surface area contributed by atoms with E-state index in [0.717, 1.165) is 43.2 Å². The van der Waals surface area contributed by atoms with E-state index in [9.17, 15) is 26.3 Å². The molecule has 1 aliphatic heterocycles. The van der Waals surface area contributed by atoms with Gasteiger partial charge < -0.3 is 9.47 Å². The van der Waals surface area contributed by atoms with Crippen LogP contribution in [-0.4, -0.2) is 19.4 Å². The van der Waals surface area contributed by atoms with Crippen LogP contribution in [0.5, 0.6) is 0 Å². The fraction of sp³-hybridized carbons (Fsp3) is 0.394. The van der Waals surface area contributed by atoms with Gasteiger partial charge in [-0.3, -0.25) is 0 Å². The monoisotopic (exact) mass is 590 g/mol. The maximum atomic E-state index is 15.2. The molecule has 1 aliphatic carbocycles. The van der Waals surface area contributed by atoms with Gasteiger partial charge in [0.15, 0.2) is 12.1 Å². The first-order valence-corrected chi connectivity index (χ1v) is 13.9. The number of rotatable bonds is 6. The largest absolute Gasteiger partial charge is 0.458 e. The summed E-state index contributed by atoms with van der Waals surface area (Å²) >= 11 is 0. The smallest absolute Gasteiger partial charge is 0.348 e. The molecule has 3 aromatic carbocycles. The lowest BCUT2D eigenvalue weighted by Gasteiger charge is -2.37. The van der Waals surface area contributed by atoms with Crippen LogP contribution in [0, 0.1) is 52.9 Å². The third kappa shape index (κ3) is 6.66. The van der Waals surface area contributed by atoms with Gasteiger partial charge in [-0.1, -0.05) is 37.0 Å². The second kappa shape index (κ2) is 12.5. The van der Waals surface area contributed by atoms with Crippen molar-refractivity contribution in [2.24, 2.45) is 17.8 Å². The van der Waals surface area contributed by atoms with Gasteiger partial charge in [-0.15, -0.1) is 6.58 Å². The maximum Gasteiger partial charge on any atom is 0.458 e. The van der Waals surface area contributed by atoms with Gasteiger partial charge in [-0.25, -0.2) is 17.6 Å². The molecule has 0 bridgehead atoms. The van der Waals surface area contributed by atoms with Crippen molar-refractivity contribution < 1.29 is 40.2 Å². The quantitative estimate of drug-likeness (QED) is 0.162. The summed E-state index contributed by atoms with van der Waals surface area (Å²) in [5, 5.41) is -1.03. The van der Waals surface area contributed by atoms with Crippen molar-refractivity contribution in [3.8, 4) is 23.0 Å². The highest BCUT2D eigenvalue weighted by molar-refractivity contribution is 5.90. The summed E-state index contributed by atoms with van der Waals surface area (Å²) in [6.45, 7) is 4.79.